The van der Waals surface area contributed by atoms with Crippen LogP contribution in [0.1, 0.15) is 47.3 Å². The third-order valence-corrected chi connectivity index (χ3v) is 5.85. The predicted octanol–water partition coefficient (Wildman–Crippen LogP) is 4.75. The summed E-state index contributed by atoms with van der Waals surface area (Å²) < 4.78 is 1.86. The van der Waals surface area contributed by atoms with E-state index in [-0.39, 0.29) is 11.6 Å². The van der Waals surface area contributed by atoms with E-state index in [1.54, 1.807) is 12.1 Å². The van der Waals surface area contributed by atoms with Crippen LogP contribution in [0.25, 0.3) is 22.5 Å². The first-order valence-corrected chi connectivity index (χ1v) is 11.7. The van der Waals surface area contributed by atoms with Gasteiger partial charge in [-0.2, -0.15) is 5.21 Å². The van der Waals surface area contributed by atoms with Gasteiger partial charge in [-0.05, 0) is 28.3 Å². The van der Waals surface area contributed by atoms with Crippen molar-refractivity contribution in [2.75, 3.05) is 0 Å². The summed E-state index contributed by atoms with van der Waals surface area (Å²) in [5, 5.41) is 19.0. The Morgan fingerprint density at radius 3 is 2.37 bits per heavy atom. The van der Waals surface area contributed by atoms with Gasteiger partial charge in [0.15, 0.2) is 0 Å². The van der Waals surface area contributed by atoms with Crippen LogP contribution in [0.2, 0.25) is 0 Å². The van der Waals surface area contributed by atoms with E-state index in [0.29, 0.717) is 17.9 Å². The molecule has 0 aliphatic rings. The fourth-order valence-corrected chi connectivity index (χ4v) is 4.00. The second-order valence-electron chi connectivity index (χ2n) is 8.29. The van der Waals surface area contributed by atoms with Crippen LogP contribution in [0.15, 0.2) is 78.9 Å². The highest BCUT2D eigenvalue weighted by Crippen LogP contribution is 2.29. The van der Waals surface area contributed by atoms with Crippen molar-refractivity contribution in [2.24, 2.45) is 0 Å². The summed E-state index contributed by atoms with van der Waals surface area (Å²) in [6.07, 6.45) is 2.81. The van der Waals surface area contributed by atoms with Crippen molar-refractivity contribution in [1.29, 1.82) is 0 Å². The number of aryl methyl sites for hydroxylation is 1. The fraction of sp³-hybridized carbons (Fsp3) is 0.185. The molecule has 0 fully saturated rings. The molecule has 0 bridgehead atoms. The fourth-order valence-electron chi connectivity index (χ4n) is 4.00. The van der Waals surface area contributed by atoms with Crippen molar-refractivity contribution in [3.8, 4) is 22.5 Å². The van der Waals surface area contributed by atoms with Gasteiger partial charge >= 0.3 is 0 Å². The smallest absolute Gasteiger partial charge is 0.232 e. The van der Waals surface area contributed by atoms with E-state index < -0.39 is 0 Å². The normalized spacial score (nSPS) is 11.0. The number of hydrogen-bond acceptors (Lipinski definition) is 6. The summed E-state index contributed by atoms with van der Waals surface area (Å²) in [7, 11) is 0. The van der Waals surface area contributed by atoms with Gasteiger partial charge in [-0.25, -0.2) is 9.67 Å². The SMILES string of the molecule is CCCCc1nc(C(=O)c2ccccc2)nn1Cc1ccc(-c2ccccc2-c2nn[nH]n2)cc1. The van der Waals surface area contributed by atoms with E-state index in [4.69, 9.17) is 0 Å². The molecule has 3 aromatic carbocycles. The highest BCUT2D eigenvalue weighted by molar-refractivity contribution is 6.06. The molecule has 5 aromatic rings. The maximum Gasteiger partial charge on any atom is 0.232 e. The Kier molecular flexibility index (Phi) is 6.52. The molecule has 0 saturated carbocycles. The molecule has 0 radical (unpaired) electrons. The Morgan fingerprint density at radius 1 is 0.914 bits per heavy atom. The summed E-state index contributed by atoms with van der Waals surface area (Å²) in [6, 6.07) is 25.4. The van der Waals surface area contributed by atoms with Crippen molar-refractivity contribution in [1.82, 2.24) is 35.4 Å². The van der Waals surface area contributed by atoms with Crippen LogP contribution in [0, 0.1) is 0 Å². The van der Waals surface area contributed by atoms with Crippen LogP contribution in [0.5, 0.6) is 0 Å². The monoisotopic (exact) mass is 463 g/mol. The molecule has 2 heterocycles. The van der Waals surface area contributed by atoms with Crippen molar-refractivity contribution in [3.05, 3.63) is 102 Å². The molecule has 5 rings (SSSR count). The van der Waals surface area contributed by atoms with E-state index in [0.717, 1.165) is 47.3 Å². The van der Waals surface area contributed by atoms with Gasteiger partial charge in [0.2, 0.25) is 17.4 Å². The number of benzene rings is 3. The van der Waals surface area contributed by atoms with Gasteiger partial charge in [0.1, 0.15) is 5.82 Å². The third-order valence-electron chi connectivity index (χ3n) is 5.85. The Bertz CT molecular complexity index is 1410. The number of hydrogen-bond donors (Lipinski definition) is 1. The lowest BCUT2D eigenvalue weighted by atomic mass is 9.98. The number of aromatic amines is 1. The first-order chi connectivity index (χ1) is 17.2. The molecule has 0 unspecified atom stereocenters. The third kappa shape index (κ3) is 4.91. The van der Waals surface area contributed by atoms with Gasteiger partial charge in [0.25, 0.3) is 0 Å². The molecule has 0 aliphatic carbocycles. The Morgan fingerprint density at radius 2 is 1.66 bits per heavy atom. The van der Waals surface area contributed by atoms with Crippen LogP contribution in [0.3, 0.4) is 0 Å². The minimum Gasteiger partial charge on any atom is -0.285 e. The molecule has 0 amide bonds. The van der Waals surface area contributed by atoms with E-state index >= 15 is 0 Å². The van der Waals surface area contributed by atoms with Crippen molar-refractivity contribution in [2.45, 2.75) is 32.7 Å². The van der Waals surface area contributed by atoms with E-state index in [1.807, 2.05) is 47.1 Å². The largest absolute Gasteiger partial charge is 0.285 e. The summed E-state index contributed by atoms with van der Waals surface area (Å²) in [5.74, 6) is 1.48. The van der Waals surface area contributed by atoms with Crippen LogP contribution in [-0.2, 0) is 13.0 Å². The zero-order chi connectivity index (χ0) is 24.0. The van der Waals surface area contributed by atoms with Gasteiger partial charge in [-0.1, -0.05) is 92.2 Å². The molecule has 1 N–H and O–H groups in total. The number of carbonyl (C=O) groups is 1. The minimum absolute atomic E-state index is 0.157. The van der Waals surface area contributed by atoms with Gasteiger partial charge < -0.3 is 0 Å². The summed E-state index contributed by atoms with van der Waals surface area (Å²) in [5.41, 5.74) is 4.67. The Labute approximate surface area is 203 Å². The topological polar surface area (TPSA) is 102 Å². The Balaban J connectivity index is 1.41. The van der Waals surface area contributed by atoms with Crippen molar-refractivity contribution < 1.29 is 4.79 Å². The lowest BCUT2D eigenvalue weighted by Crippen LogP contribution is -2.08. The standard InChI is InChI=1S/C27H25N7O/c1-2-3-13-24-28-27(25(35)21-9-5-4-6-10-21)31-34(24)18-19-14-16-20(17-15-19)22-11-7-8-12-23(22)26-29-32-33-30-26/h4-12,14-17H,2-3,13,18H2,1H3,(H,29,30,32,33). The molecule has 174 valence electrons. The molecule has 0 atom stereocenters. The molecule has 0 spiro atoms. The highest BCUT2D eigenvalue weighted by Gasteiger charge is 2.18. The summed E-state index contributed by atoms with van der Waals surface area (Å²) >= 11 is 0. The van der Waals surface area contributed by atoms with Crippen LogP contribution in [-0.4, -0.2) is 41.2 Å². The van der Waals surface area contributed by atoms with Crippen molar-refractivity contribution >= 4 is 5.78 Å². The van der Waals surface area contributed by atoms with Gasteiger partial charge in [-0.3, -0.25) is 4.79 Å². The summed E-state index contributed by atoms with van der Waals surface area (Å²) in [6.45, 7) is 2.68. The maximum absolute atomic E-state index is 12.9. The number of ketones is 1. The van der Waals surface area contributed by atoms with Crippen LogP contribution < -0.4 is 0 Å². The van der Waals surface area contributed by atoms with Crippen LogP contribution >= 0.6 is 0 Å². The second-order valence-corrected chi connectivity index (χ2v) is 8.29. The first-order valence-electron chi connectivity index (χ1n) is 11.7. The minimum atomic E-state index is -0.157. The predicted molar refractivity (Wildman–Crippen MR) is 133 cm³/mol. The van der Waals surface area contributed by atoms with Gasteiger partial charge in [0.05, 0.1) is 6.54 Å². The van der Waals surface area contributed by atoms with E-state index in [1.165, 1.54) is 0 Å². The molecule has 35 heavy (non-hydrogen) atoms. The van der Waals surface area contributed by atoms with Crippen molar-refractivity contribution in [3.63, 3.8) is 0 Å². The number of nitrogens with one attached hydrogen (secondary N) is 1. The average molecular weight is 464 g/mol. The van der Waals surface area contributed by atoms with Crippen LogP contribution in [0.4, 0.5) is 0 Å². The Hall–Kier alpha value is -4.46. The molecule has 8 heteroatoms. The quantitative estimate of drug-likeness (QED) is 0.317. The number of tetrazole rings is 1. The molecule has 0 aliphatic heterocycles. The van der Waals surface area contributed by atoms with E-state index in [2.05, 4.69) is 61.9 Å². The molecule has 2 aromatic heterocycles. The average Bonchev–Trinajstić information content (AvgIpc) is 3.59. The summed E-state index contributed by atoms with van der Waals surface area (Å²) in [4.78, 5) is 17.5. The molecular weight excluding hydrogens is 438 g/mol. The van der Waals surface area contributed by atoms with Gasteiger partial charge in [-0.15, -0.1) is 15.3 Å². The molecule has 0 saturated heterocycles. The lowest BCUT2D eigenvalue weighted by Gasteiger charge is -2.09. The molecule has 8 nitrogen and oxygen atoms in total. The van der Waals surface area contributed by atoms with Gasteiger partial charge in [0, 0.05) is 17.5 Å². The number of aromatic nitrogens is 7. The lowest BCUT2D eigenvalue weighted by molar-refractivity contribution is 0.102. The zero-order valence-corrected chi connectivity index (χ0v) is 19.4. The number of nitrogens with zero attached hydrogens (tertiary/aromatic N) is 6. The maximum atomic E-state index is 12.9. The van der Waals surface area contributed by atoms with E-state index in [9.17, 15) is 4.79 Å². The highest BCUT2D eigenvalue weighted by atomic mass is 16.1. The number of rotatable bonds is 9. The number of H-pyrrole nitrogens is 1. The number of unbranched alkanes of at least 4 members (excludes halogenated alkanes) is 1. The number of carbonyl (C=O) groups excluding carboxylic acids is 1. The molecular formula is C27H25N7O. The second kappa shape index (κ2) is 10.2. The zero-order valence-electron chi connectivity index (χ0n) is 19.4. The first kappa shape index (κ1) is 22.3.